The van der Waals surface area contributed by atoms with Crippen molar-refractivity contribution in [3.8, 4) is 34.5 Å². The predicted molar refractivity (Wildman–Crippen MR) is 222 cm³/mol. The summed E-state index contributed by atoms with van der Waals surface area (Å²) < 4.78 is 40.5. The van der Waals surface area contributed by atoms with Gasteiger partial charge in [0, 0.05) is 0 Å². The zero-order chi connectivity index (χ0) is 38.5. The lowest BCUT2D eigenvalue weighted by Crippen LogP contribution is -2.11. The molecule has 0 aromatic heterocycles. The van der Waals surface area contributed by atoms with E-state index in [1.165, 1.54) is 11.1 Å². The molecule has 9 nitrogen and oxygen atoms in total. The molecule has 0 aliphatic heterocycles. The van der Waals surface area contributed by atoms with E-state index in [-0.39, 0.29) is 0 Å². The Bertz CT molecular complexity index is 1950. The highest BCUT2D eigenvalue weighted by atomic mass is 31.2. The van der Waals surface area contributed by atoms with Gasteiger partial charge < -0.3 is 27.1 Å². The standard InChI is InChI=1S/C28H30N2O4P2.C14H16NO2P/c1-21-5-13-25(14-6-21)31-35(32-26-15-7-22(2)8-16-26)30-36(29,33-27-17-9-23(3)10-18-27)34-28-19-11-24(4)12-20-28;1-11-3-7-13(8-4-11)16-18(15)17-14-9-5-12(2)6-10-14/h5-20H,29H2,1-4H3;3-10H,15H2,1-2H3. The molecule has 0 radical (unpaired) electrons. The summed E-state index contributed by atoms with van der Waals surface area (Å²) >= 11 is 0. The van der Waals surface area contributed by atoms with E-state index in [1.54, 1.807) is 0 Å². The van der Waals surface area contributed by atoms with Gasteiger partial charge in [-0.1, -0.05) is 106 Å². The van der Waals surface area contributed by atoms with Crippen LogP contribution in [-0.2, 0) is 0 Å². The maximum absolute atomic E-state index is 6.75. The first-order chi connectivity index (χ1) is 25.9. The zero-order valence-electron chi connectivity index (χ0n) is 31.2. The Balaban J connectivity index is 0.000000260. The molecule has 4 N–H and O–H groups in total. The quantitative estimate of drug-likeness (QED) is 0.111. The van der Waals surface area contributed by atoms with Gasteiger partial charge in [0.15, 0.2) is 0 Å². The number of hydrogen-bond donors (Lipinski definition) is 2. The molecule has 0 spiro atoms. The first-order valence-electron chi connectivity index (χ1n) is 17.2. The van der Waals surface area contributed by atoms with E-state index in [9.17, 15) is 0 Å². The second-order valence-corrected chi connectivity index (χ2v) is 16.6. The van der Waals surface area contributed by atoms with Crippen molar-refractivity contribution in [2.24, 2.45) is 15.5 Å². The lowest BCUT2D eigenvalue weighted by molar-refractivity contribution is 0.466. The molecule has 0 aliphatic carbocycles. The van der Waals surface area contributed by atoms with E-state index in [0.717, 1.165) is 33.8 Å². The van der Waals surface area contributed by atoms with E-state index < -0.39 is 24.7 Å². The molecule has 6 aromatic rings. The van der Waals surface area contributed by atoms with Crippen LogP contribution in [0.2, 0.25) is 0 Å². The molecule has 6 rings (SSSR count). The Kier molecular flexibility index (Phi) is 14.5. The van der Waals surface area contributed by atoms with Gasteiger partial charge in [-0.25, -0.2) is 11.0 Å². The summed E-state index contributed by atoms with van der Waals surface area (Å²) in [5.41, 5.74) is 19.4. The summed E-state index contributed by atoms with van der Waals surface area (Å²) in [6.07, 6.45) is 0. The van der Waals surface area contributed by atoms with Gasteiger partial charge in [-0.3, -0.25) is 0 Å². The highest BCUT2D eigenvalue weighted by molar-refractivity contribution is 7.63. The van der Waals surface area contributed by atoms with Gasteiger partial charge >= 0.3 is 24.7 Å². The van der Waals surface area contributed by atoms with Gasteiger partial charge in [0.05, 0.1) is 0 Å². The lowest BCUT2D eigenvalue weighted by atomic mass is 10.2. The Morgan fingerprint density at radius 1 is 0.370 bits per heavy atom. The number of rotatable bonds is 13. The van der Waals surface area contributed by atoms with E-state index in [1.807, 2.05) is 187 Å². The van der Waals surface area contributed by atoms with Crippen LogP contribution < -0.4 is 38.2 Å². The van der Waals surface area contributed by atoms with Crippen LogP contribution in [0.3, 0.4) is 0 Å². The van der Waals surface area contributed by atoms with Crippen molar-refractivity contribution in [3.63, 3.8) is 0 Å². The summed E-state index contributed by atoms with van der Waals surface area (Å²) in [5, 5.41) is 0. The summed E-state index contributed by atoms with van der Waals surface area (Å²) in [6.45, 7) is 12.1. The maximum Gasteiger partial charge on any atom is 0.443 e. The lowest BCUT2D eigenvalue weighted by Gasteiger charge is -2.23. The Hall–Kier alpha value is -4.87. The largest absolute Gasteiger partial charge is 0.443 e. The van der Waals surface area contributed by atoms with Crippen molar-refractivity contribution < 1.29 is 27.1 Å². The smallest absolute Gasteiger partial charge is 0.427 e. The molecule has 6 aromatic carbocycles. The van der Waals surface area contributed by atoms with E-state index in [4.69, 9.17) is 42.7 Å². The molecule has 0 fully saturated rings. The summed E-state index contributed by atoms with van der Waals surface area (Å²) in [6, 6.07) is 45.9. The molecule has 0 atom stereocenters. The van der Waals surface area contributed by atoms with Crippen molar-refractivity contribution in [1.29, 1.82) is 0 Å². The van der Waals surface area contributed by atoms with Crippen LogP contribution in [0.15, 0.2) is 150 Å². The van der Waals surface area contributed by atoms with Crippen LogP contribution in [0.25, 0.3) is 0 Å². The van der Waals surface area contributed by atoms with Crippen molar-refractivity contribution >= 4 is 24.7 Å². The van der Waals surface area contributed by atoms with Gasteiger partial charge in [-0.15, -0.1) is 4.52 Å². The van der Waals surface area contributed by atoms with Gasteiger partial charge in [-0.2, -0.15) is 0 Å². The molecular formula is C42H46N3O6P3. The minimum absolute atomic E-state index is 0.549. The number of aryl methyl sites for hydroxylation is 6. The molecule has 54 heavy (non-hydrogen) atoms. The summed E-state index contributed by atoms with van der Waals surface area (Å²) in [7, 11) is -6.77. The molecule has 0 saturated carbocycles. The van der Waals surface area contributed by atoms with Crippen molar-refractivity contribution in [2.75, 3.05) is 0 Å². The Morgan fingerprint density at radius 2 is 0.593 bits per heavy atom. The third-order valence-electron chi connectivity index (χ3n) is 7.55. The van der Waals surface area contributed by atoms with Crippen molar-refractivity contribution in [1.82, 2.24) is 0 Å². The molecule has 0 unspecified atom stereocenters. The third-order valence-corrected chi connectivity index (χ3v) is 11.6. The zero-order valence-corrected chi connectivity index (χ0v) is 33.9. The topological polar surface area (TPSA) is 120 Å². The van der Waals surface area contributed by atoms with Crippen LogP contribution in [0.4, 0.5) is 0 Å². The Labute approximate surface area is 321 Å². The first kappa shape index (κ1) is 40.3. The number of hydrogen-bond acceptors (Lipinski definition) is 8. The predicted octanol–water partition coefficient (Wildman–Crippen LogP) is 12.6. The normalized spacial score (nSPS) is 10.9. The van der Waals surface area contributed by atoms with Gasteiger partial charge in [0.25, 0.3) is 0 Å². The fourth-order valence-electron chi connectivity index (χ4n) is 4.52. The van der Waals surface area contributed by atoms with Gasteiger partial charge in [0.1, 0.15) is 34.5 Å². The van der Waals surface area contributed by atoms with E-state index in [0.29, 0.717) is 23.0 Å². The molecule has 0 amide bonds. The molecule has 12 heteroatoms. The number of nitrogens with zero attached hydrogens (tertiary/aromatic N) is 1. The minimum Gasteiger partial charge on any atom is -0.427 e. The fraction of sp³-hybridized carbons (Fsp3) is 0.143. The van der Waals surface area contributed by atoms with Crippen LogP contribution >= 0.6 is 24.7 Å². The van der Waals surface area contributed by atoms with Crippen LogP contribution in [0.5, 0.6) is 34.5 Å². The van der Waals surface area contributed by atoms with E-state index >= 15 is 0 Å². The van der Waals surface area contributed by atoms with Crippen LogP contribution in [0.1, 0.15) is 33.4 Å². The molecule has 0 saturated heterocycles. The van der Waals surface area contributed by atoms with Crippen LogP contribution in [0, 0.1) is 41.5 Å². The number of nitrogens with two attached hydrogens (primary N) is 2. The molecule has 0 heterocycles. The van der Waals surface area contributed by atoms with Crippen LogP contribution in [-0.4, -0.2) is 0 Å². The average molecular weight is 782 g/mol. The third kappa shape index (κ3) is 13.5. The fourth-order valence-corrected chi connectivity index (χ4v) is 8.14. The SMILES string of the molecule is Cc1ccc(OP(N)Oc2ccc(C)cc2)cc1.Cc1ccc(OP(N=P(N)(Oc2ccc(C)cc2)Oc2ccc(C)cc2)Oc2ccc(C)cc2)cc1. The summed E-state index contributed by atoms with van der Waals surface area (Å²) in [5.74, 6) is 3.77. The monoisotopic (exact) mass is 781 g/mol. The Morgan fingerprint density at radius 3 is 0.852 bits per heavy atom. The summed E-state index contributed by atoms with van der Waals surface area (Å²) in [4.78, 5) is 0. The molecule has 0 aliphatic rings. The first-order valence-corrected chi connectivity index (χ1v) is 21.2. The second kappa shape index (κ2) is 19.5. The number of benzene rings is 6. The molecular weight excluding hydrogens is 735 g/mol. The molecule has 280 valence electrons. The van der Waals surface area contributed by atoms with E-state index in [2.05, 4.69) is 0 Å². The second-order valence-electron chi connectivity index (χ2n) is 12.6. The highest BCUT2D eigenvalue weighted by Crippen LogP contribution is 2.55. The van der Waals surface area contributed by atoms with Gasteiger partial charge in [-0.05, 0) is 114 Å². The van der Waals surface area contributed by atoms with Crippen molar-refractivity contribution in [3.05, 3.63) is 179 Å². The maximum atomic E-state index is 6.75. The van der Waals surface area contributed by atoms with Gasteiger partial charge in [0.2, 0.25) is 0 Å². The minimum atomic E-state index is -3.39. The van der Waals surface area contributed by atoms with Crippen molar-refractivity contribution in [2.45, 2.75) is 41.5 Å². The highest BCUT2D eigenvalue weighted by Gasteiger charge is 2.28. The average Bonchev–Trinajstić information content (AvgIpc) is 3.14. The molecule has 0 bridgehead atoms.